The van der Waals surface area contributed by atoms with Crippen LogP contribution >= 0.6 is 0 Å². The molecule has 116 valence electrons. The quantitative estimate of drug-likeness (QED) is 0.511. The first kappa shape index (κ1) is 17.1. The van der Waals surface area contributed by atoms with Crippen LogP contribution in [0.2, 0.25) is 0 Å². The summed E-state index contributed by atoms with van der Waals surface area (Å²) in [7, 11) is 0. The molecule has 21 heavy (non-hydrogen) atoms. The molecule has 0 fully saturated rings. The Morgan fingerprint density at radius 3 is 2.48 bits per heavy atom. The van der Waals surface area contributed by atoms with E-state index < -0.39 is 12.0 Å². The SMILES string of the molecule is CCCCC(NC(=O)CCCC[n+]1ccccc1)C(=O)O. The molecule has 0 bridgehead atoms. The van der Waals surface area contributed by atoms with Gasteiger partial charge < -0.3 is 10.4 Å². The second-order valence-corrected chi connectivity index (χ2v) is 5.17. The number of unbranched alkanes of at least 4 members (excludes halogenated alkanes) is 2. The molecule has 5 nitrogen and oxygen atoms in total. The van der Waals surface area contributed by atoms with Gasteiger partial charge in [-0.2, -0.15) is 0 Å². The first-order valence-corrected chi connectivity index (χ1v) is 7.59. The molecule has 0 saturated heterocycles. The zero-order valence-corrected chi connectivity index (χ0v) is 12.6. The van der Waals surface area contributed by atoms with Gasteiger partial charge in [0.05, 0.1) is 0 Å². The standard InChI is InChI=1S/C16H24N2O3/c1-2-3-9-14(16(20)21)17-15(19)10-5-8-13-18-11-6-4-7-12-18/h4,6-7,11-12,14H,2-3,5,8-10,13H2,1H3,(H-,17,19,20,21)/p+1. The van der Waals surface area contributed by atoms with Crippen molar-refractivity contribution in [3.05, 3.63) is 30.6 Å². The van der Waals surface area contributed by atoms with E-state index in [0.29, 0.717) is 12.8 Å². The van der Waals surface area contributed by atoms with Crippen LogP contribution in [-0.4, -0.2) is 23.0 Å². The van der Waals surface area contributed by atoms with Crippen molar-refractivity contribution in [2.75, 3.05) is 0 Å². The lowest BCUT2D eigenvalue weighted by Crippen LogP contribution is -2.40. The minimum Gasteiger partial charge on any atom is -0.480 e. The van der Waals surface area contributed by atoms with Gasteiger partial charge in [0.1, 0.15) is 12.6 Å². The summed E-state index contributed by atoms with van der Waals surface area (Å²) in [6, 6.07) is 5.16. The number of carboxylic acid groups (broad SMARTS) is 1. The fourth-order valence-corrected chi connectivity index (χ4v) is 2.10. The van der Waals surface area contributed by atoms with Crippen molar-refractivity contribution in [1.82, 2.24) is 5.32 Å². The van der Waals surface area contributed by atoms with E-state index >= 15 is 0 Å². The van der Waals surface area contributed by atoms with Crippen molar-refractivity contribution in [2.24, 2.45) is 0 Å². The van der Waals surface area contributed by atoms with E-state index in [1.807, 2.05) is 37.5 Å². The molecule has 0 aliphatic carbocycles. The summed E-state index contributed by atoms with van der Waals surface area (Å²) in [5, 5.41) is 11.7. The number of nitrogens with one attached hydrogen (secondary N) is 1. The van der Waals surface area contributed by atoms with E-state index in [0.717, 1.165) is 32.2 Å². The van der Waals surface area contributed by atoms with Crippen molar-refractivity contribution >= 4 is 11.9 Å². The maximum atomic E-state index is 11.8. The number of aliphatic carboxylic acids is 1. The Labute approximate surface area is 126 Å². The number of carbonyl (C=O) groups is 2. The number of pyridine rings is 1. The van der Waals surface area contributed by atoms with Gasteiger partial charge in [0.15, 0.2) is 12.4 Å². The van der Waals surface area contributed by atoms with E-state index in [9.17, 15) is 9.59 Å². The minimum absolute atomic E-state index is 0.170. The smallest absolute Gasteiger partial charge is 0.326 e. The highest BCUT2D eigenvalue weighted by Crippen LogP contribution is 2.03. The van der Waals surface area contributed by atoms with Gasteiger partial charge in [0.25, 0.3) is 0 Å². The highest BCUT2D eigenvalue weighted by molar-refractivity contribution is 5.83. The van der Waals surface area contributed by atoms with Crippen LogP contribution in [-0.2, 0) is 16.1 Å². The molecule has 0 aliphatic rings. The summed E-state index contributed by atoms with van der Waals surface area (Å²) in [5.41, 5.74) is 0. The van der Waals surface area contributed by atoms with E-state index in [2.05, 4.69) is 9.88 Å². The molecule has 1 amide bonds. The van der Waals surface area contributed by atoms with Crippen LogP contribution in [0.5, 0.6) is 0 Å². The van der Waals surface area contributed by atoms with E-state index in [-0.39, 0.29) is 5.91 Å². The summed E-state index contributed by atoms with van der Waals surface area (Å²) in [6.45, 7) is 2.87. The van der Waals surface area contributed by atoms with Crippen molar-refractivity contribution in [3.63, 3.8) is 0 Å². The maximum Gasteiger partial charge on any atom is 0.326 e. The Kier molecular flexibility index (Phi) is 8.09. The molecule has 1 unspecified atom stereocenters. The zero-order valence-electron chi connectivity index (χ0n) is 12.6. The highest BCUT2D eigenvalue weighted by Gasteiger charge is 2.18. The van der Waals surface area contributed by atoms with Gasteiger partial charge in [-0.05, 0) is 12.8 Å². The van der Waals surface area contributed by atoms with Crippen LogP contribution in [0.1, 0.15) is 45.4 Å². The lowest BCUT2D eigenvalue weighted by molar-refractivity contribution is -0.697. The van der Waals surface area contributed by atoms with Gasteiger partial charge in [0.2, 0.25) is 5.91 Å². The predicted octanol–water partition coefficient (Wildman–Crippen LogP) is 1.90. The van der Waals surface area contributed by atoms with Gasteiger partial charge in [-0.15, -0.1) is 0 Å². The molecule has 1 aromatic rings. The van der Waals surface area contributed by atoms with Crippen LogP contribution in [0.4, 0.5) is 0 Å². The molecule has 0 radical (unpaired) electrons. The first-order chi connectivity index (χ1) is 10.1. The number of amides is 1. The second kappa shape index (κ2) is 9.91. The molecule has 0 saturated carbocycles. The number of hydrogen-bond acceptors (Lipinski definition) is 2. The Morgan fingerprint density at radius 1 is 1.14 bits per heavy atom. The normalized spacial score (nSPS) is 11.9. The third kappa shape index (κ3) is 7.44. The molecule has 0 aromatic carbocycles. The predicted molar refractivity (Wildman–Crippen MR) is 79.6 cm³/mol. The average Bonchev–Trinajstić information content (AvgIpc) is 2.48. The van der Waals surface area contributed by atoms with Crippen molar-refractivity contribution in [3.8, 4) is 0 Å². The van der Waals surface area contributed by atoms with Gasteiger partial charge in [-0.25, -0.2) is 9.36 Å². The molecule has 2 N–H and O–H groups in total. The Bertz CT molecular complexity index is 434. The van der Waals surface area contributed by atoms with Gasteiger partial charge in [0, 0.05) is 25.0 Å². The maximum absolute atomic E-state index is 11.8. The molecule has 1 aromatic heterocycles. The number of nitrogens with zero attached hydrogens (tertiary/aromatic N) is 1. The Morgan fingerprint density at radius 2 is 1.86 bits per heavy atom. The van der Waals surface area contributed by atoms with Crippen LogP contribution < -0.4 is 9.88 Å². The fraction of sp³-hybridized carbons (Fsp3) is 0.562. The van der Waals surface area contributed by atoms with Crippen molar-refractivity contribution in [2.45, 2.75) is 58.0 Å². The van der Waals surface area contributed by atoms with Crippen LogP contribution in [0.25, 0.3) is 0 Å². The number of carboxylic acids is 1. The number of aromatic nitrogens is 1. The number of hydrogen-bond donors (Lipinski definition) is 2. The monoisotopic (exact) mass is 293 g/mol. The topological polar surface area (TPSA) is 70.3 Å². The zero-order chi connectivity index (χ0) is 15.5. The Balaban J connectivity index is 2.21. The van der Waals surface area contributed by atoms with E-state index in [4.69, 9.17) is 5.11 Å². The first-order valence-electron chi connectivity index (χ1n) is 7.59. The molecule has 0 spiro atoms. The molecule has 1 rings (SSSR count). The third-order valence-corrected chi connectivity index (χ3v) is 3.33. The van der Waals surface area contributed by atoms with E-state index in [1.165, 1.54) is 0 Å². The number of carbonyl (C=O) groups excluding carboxylic acids is 1. The van der Waals surface area contributed by atoms with Gasteiger partial charge in [-0.1, -0.05) is 25.8 Å². The molecular weight excluding hydrogens is 268 g/mol. The molecular formula is C16H25N2O3+. The van der Waals surface area contributed by atoms with Crippen molar-refractivity contribution in [1.29, 1.82) is 0 Å². The average molecular weight is 293 g/mol. The Hall–Kier alpha value is -1.91. The van der Waals surface area contributed by atoms with E-state index in [1.54, 1.807) is 0 Å². The minimum atomic E-state index is -0.948. The largest absolute Gasteiger partial charge is 0.480 e. The molecule has 0 aliphatic heterocycles. The summed E-state index contributed by atoms with van der Waals surface area (Å²) in [6.07, 6.45) is 8.25. The fourth-order valence-electron chi connectivity index (χ4n) is 2.10. The molecule has 1 atom stereocenters. The highest BCUT2D eigenvalue weighted by atomic mass is 16.4. The summed E-state index contributed by atoms with van der Waals surface area (Å²) in [5.74, 6) is -1.12. The summed E-state index contributed by atoms with van der Waals surface area (Å²) >= 11 is 0. The summed E-state index contributed by atoms with van der Waals surface area (Å²) < 4.78 is 2.07. The number of rotatable bonds is 10. The lowest BCUT2D eigenvalue weighted by atomic mass is 10.1. The third-order valence-electron chi connectivity index (χ3n) is 3.33. The summed E-state index contributed by atoms with van der Waals surface area (Å²) in [4.78, 5) is 22.8. The second-order valence-electron chi connectivity index (χ2n) is 5.17. The number of aryl methyl sites for hydroxylation is 1. The van der Waals surface area contributed by atoms with Gasteiger partial charge in [-0.3, -0.25) is 4.79 Å². The molecule has 5 heteroatoms. The van der Waals surface area contributed by atoms with Crippen LogP contribution in [0.15, 0.2) is 30.6 Å². The van der Waals surface area contributed by atoms with Gasteiger partial charge >= 0.3 is 5.97 Å². The lowest BCUT2D eigenvalue weighted by Gasteiger charge is -2.13. The molecule has 1 heterocycles. The van der Waals surface area contributed by atoms with Crippen molar-refractivity contribution < 1.29 is 19.3 Å². The van der Waals surface area contributed by atoms with Crippen LogP contribution in [0.3, 0.4) is 0 Å². The van der Waals surface area contributed by atoms with Crippen LogP contribution in [0, 0.1) is 0 Å².